The Hall–Kier alpha value is -8.33. The molecule has 0 radical (unpaired) electrons. The molecule has 63 heavy (non-hydrogen) atoms. The van der Waals surface area contributed by atoms with E-state index in [4.69, 9.17) is 29.3 Å². The standard InChI is InChI=1S/C55H32N6OS/c1-4-15-33(16-5-1)49-51-50(39-22-11-13-25-45(39)62-51)57-55(56-49)41-23-14-26-46-48(41)40-29-27-36(32-47(40)63-46)54-59-52(34-17-6-2-7-18-34)58-53(60-54)35-28-30-44-42(31-35)38-21-10-12-24-43(38)61(44)37-19-8-3-9-20-37/h1-32H. The average Bonchev–Trinajstić information content (AvgIpc) is 4.03. The topological polar surface area (TPSA) is 82.5 Å². The maximum atomic E-state index is 6.41. The van der Waals surface area contributed by atoms with Crippen LogP contribution in [0, 0.1) is 0 Å². The highest BCUT2D eigenvalue weighted by Crippen LogP contribution is 2.43. The molecule has 0 bridgehead atoms. The summed E-state index contributed by atoms with van der Waals surface area (Å²) in [6, 6.07) is 66.9. The van der Waals surface area contributed by atoms with Gasteiger partial charge in [0.25, 0.3) is 0 Å². The first-order valence-corrected chi connectivity index (χ1v) is 21.6. The van der Waals surface area contributed by atoms with Crippen LogP contribution in [0.5, 0.6) is 0 Å². The number of para-hydroxylation sites is 3. The fourth-order valence-electron chi connectivity index (χ4n) is 8.97. The summed E-state index contributed by atoms with van der Waals surface area (Å²) in [5.41, 5.74) is 11.1. The predicted molar refractivity (Wildman–Crippen MR) is 257 cm³/mol. The van der Waals surface area contributed by atoms with E-state index in [9.17, 15) is 0 Å². The summed E-state index contributed by atoms with van der Waals surface area (Å²) in [5.74, 6) is 2.50. The van der Waals surface area contributed by atoms with E-state index in [-0.39, 0.29) is 0 Å². The van der Waals surface area contributed by atoms with Crippen molar-refractivity contribution in [3.8, 4) is 62.5 Å². The monoisotopic (exact) mass is 824 g/mol. The maximum absolute atomic E-state index is 6.41. The average molecular weight is 825 g/mol. The third kappa shape index (κ3) is 5.76. The Morgan fingerprint density at radius 3 is 1.83 bits per heavy atom. The summed E-state index contributed by atoms with van der Waals surface area (Å²) in [6.45, 7) is 0. The Balaban J connectivity index is 0.971. The Morgan fingerprint density at radius 1 is 0.397 bits per heavy atom. The van der Waals surface area contributed by atoms with Gasteiger partial charge in [-0.2, -0.15) is 0 Å². The van der Waals surface area contributed by atoms with Crippen molar-refractivity contribution in [2.24, 2.45) is 0 Å². The van der Waals surface area contributed by atoms with Gasteiger partial charge in [-0.05, 0) is 60.7 Å². The summed E-state index contributed by atoms with van der Waals surface area (Å²) in [5, 5.41) is 5.50. The molecule has 5 heterocycles. The number of benzene rings is 8. The molecule has 0 N–H and O–H groups in total. The van der Waals surface area contributed by atoms with E-state index in [1.807, 2.05) is 66.7 Å². The van der Waals surface area contributed by atoms with E-state index in [0.717, 1.165) is 92.3 Å². The lowest BCUT2D eigenvalue weighted by atomic mass is 10.0. The summed E-state index contributed by atoms with van der Waals surface area (Å²) in [4.78, 5) is 25.9. The minimum absolute atomic E-state index is 0.610. The number of nitrogens with zero attached hydrogens (tertiary/aromatic N) is 6. The second-order valence-corrected chi connectivity index (χ2v) is 16.7. The second-order valence-electron chi connectivity index (χ2n) is 15.6. The quantitative estimate of drug-likeness (QED) is 0.166. The highest BCUT2D eigenvalue weighted by molar-refractivity contribution is 7.26. The summed E-state index contributed by atoms with van der Waals surface area (Å²) in [6.07, 6.45) is 0. The van der Waals surface area contributed by atoms with Crippen LogP contribution >= 0.6 is 11.3 Å². The minimum atomic E-state index is 0.610. The number of hydrogen-bond donors (Lipinski definition) is 0. The largest absolute Gasteiger partial charge is 0.452 e. The SMILES string of the molecule is c1ccc(-c2nc(-c3ccc4c(c3)sc3cccc(-c5nc(-c6ccccc6)c6oc7ccccc7c6n5)c34)nc(-c3ccc4c(c3)c3ccccc3n4-c3ccccc3)n2)cc1. The van der Waals surface area contributed by atoms with Crippen molar-refractivity contribution >= 4 is 75.4 Å². The third-order valence-electron chi connectivity index (χ3n) is 11.9. The molecule has 0 aliphatic heterocycles. The molecule has 0 spiro atoms. The molecule has 8 heteroatoms. The van der Waals surface area contributed by atoms with E-state index in [0.29, 0.717) is 28.9 Å². The molecular weight excluding hydrogens is 793 g/mol. The molecule has 294 valence electrons. The fraction of sp³-hybridized carbons (Fsp3) is 0. The molecule has 0 atom stereocenters. The van der Waals surface area contributed by atoms with E-state index in [1.165, 1.54) is 5.39 Å². The zero-order valence-corrected chi connectivity index (χ0v) is 34.3. The number of thiophene rings is 1. The van der Waals surface area contributed by atoms with Crippen molar-refractivity contribution < 1.29 is 4.42 Å². The first kappa shape index (κ1) is 35.4. The zero-order valence-electron chi connectivity index (χ0n) is 33.5. The van der Waals surface area contributed by atoms with Crippen LogP contribution in [-0.4, -0.2) is 29.5 Å². The lowest BCUT2D eigenvalue weighted by Gasteiger charge is -2.10. The fourth-order valence-corrected chi connectivity index (χ4v) is 10.1. The van der Waals surface area contributed by atoms with Crippen LogP contribution in [0.15, 0.2) is 199 Å². The number of furan rings is 1. The van der Waals surface area contributed by atoms with Crippen LogP contribution < -0.4 is 0 Å². The van der Waals surface area contributed by atoms with Crippen LogP contribution in [-0.2, 0) is 0 Å². The molecule has 0 aliphatic carbocycles. The maximum Gasteiger partial charge on any atom is 0.180 e. The van der Waals surface area contributed by atoms with Gasteiger partial charge in [0.15, 0.2) is 28.9 Å². The van der Waals surface area contributed by atoms with Crippen molar-refractivity contribution in [2.75, 3.05) is 0 Å². The highest BCUT2D eigenvalue weighted by Gasteiger charge is 2.22. The van der Waals surface area contributed by atoms with Gasteiger partial charge < -0.3 is 8.98 Å². The Labute approximate surface area is 364 Å². The highest BCUT2D eigenvalue weighted by atomic mass is 32.1. The van der Waals surface area contributed by atoms with E-state index >= 15 is 0 Å². The van der Waals surface area contributed by atoms with Crippen molar-refractivity contribution in [1.82, 2.24) is 29.5 Å². The van der Waals surface area contributed by atoms with Gasteiger partial charge >= 0.3 is 0 Å². The first-order valence-electron chi connectivity index (χ1n) is 20.8. The minimum Gasteiger partial charge on any atom is -0.452 e. The molecular formula is C55H32N6OS. The van der Waals surface area contributed by atoms with Gasteiger partial charge in [0.05, 0.1) is 11.0 Å². The lowest BCUT2D eigenvalue weighted by Crippen LogP contribution is -2.00. The summed E-state index contributed by atoms with van der Waals surface area (Å²) >= 11 is 1.74. The van der Waals surface area contributed by atoms with Gasteiger partial charge in [-0.1, -0.05) is 133 Å². The van der Waals surface area contributed by atoms with Crippen molar-refractivity contribution in [3.05, 3.63) is 194 Å². The van der Waals surface area contributed by atoms with Gasteiger partial charge in [0, 0.05) is 69.8 Å². The molecule has 5 aromatic heterocycles. The molecule has 0 amide bonds. The van der Waals surface area contributed by atoms with Crippen molar-refractivity contribution in [1.29, 1.82) is 0 Å². The number of hydrogen-bond acceptors (Lipinski definition) is 7. The smallest absolute Gasteiger partial charge is 0.180 e. The van der Waals surface area contributed by atoms with E-state index in [1.54, 1.807) is 11.3 Å². The van der Waals surface area contributed by atoms with Gasteiger partial charge in [0.2, 0.25) is 0 Å². The number of rotatable bonds is 6. The molecule has 13 rings (SSSR count). The predicted octanol–water partition coefficient (Wildman–Crippen LogP) is 14.4. The van der Waals surface area contributed by atoms with Crippen LogP contribution in [0.1, 0.15) is 0 Å². The molecule has 8 aromatic carbocycles. The van der Waals surface area contributed by atoms with Gasteiger partial charge in [-0.3, -0.25) is 0 Å². The molecule has 0 unspecified atom stereocenters. The number of fused-ring (bicyclic) bond motifs is 9. The normalized spacial score (nSPS) is 11.8. The van der Waals surface area contributed by atoms with Gasteiger partial charge in [-0.25, -0.2) is 24.9 Å². The molecule has 7 nitrogen and oxygen atoms in total. The Kier molecular flexibility index (Phi) is 7.94. The summed E-state index contributed by atoms with van der Waals surface area (Å²) < 4.78 is 11.0. The van der Waals surface area contributed by atoms with E-state index in [2.05, 4.69) is 132 Å². The molecule has 0 saturated heterocycles. The first-order chi connectivity index (χ1) is 31.2. The van der Waals surface area contributed by atoms with Crippen LogP contribution in [0.3, 0.4) is 0 Å². The Morgan fingerprint density at radius 2 is 1.03 bits per heavy atom. The van der Waals surface area contributed by atoms with Crippen molar-refractivity contribution in [3.63, 3.8) is 0 Å². The Bertz CT molecular complexity index is 3910. The zero-order chi connectivity index (χ0) is 41.4. The third-order valence-corrected chi connectivity index (χ3v) is 13.0. The van der Waals surface area contributed by atoms with Crippen molar-refractivity contribution in [2.45, 2.75) is 0 Å². The van der Waals surface area contributed by atoms with Gasteiger partial charge in [0.1, 0.15) is 16.8 Å². The second kappa shape index (κ2) is 14.1. The van der Waals surface area contributed by atoms with E-state index < -0.39 is 0 Å². The molecule has 0 saturated carbocycles. The molecule has 0 fully saturated rings. The molecule has 13 aromatic rings. The van der Waals surface area contributed by atoms with Crippen LogP contribution in [0.2, 0.25) is 0 Å². The summed E-state index contributed by atoms with van der Waals surface area (Å²) in [7, 11) is 0. The molecule has 0 aliphatic rings. The lowest BCUT2D eigenvalue weighted by molar-refractivity contribution is 0.667. The van der Waals surface area contributed by atoms with Crippen LogP contribution in [0.25, 0.3) is 127 Å². The number of aromatic nitrogens is 6. The van der Waals surface area contributed by atoms with Crippen LogP contribution in [0.4, 0.5) is 0 Å². The van der Waals surface area contributed by atoms with Gasteiger partial charge in [-0.15, -0.1) is 11.3 Å².